The van der Waals surface area contributed by atoms with Crippen LogP contribution in [0.25, 0.3) is 0 Å². The summed E-state index contributed by atoms with van der Waals surface area (Å²) in [4.78, 5) is 27.7. The van der Waals surface area contributed by atoms with Crippen LogP contribution in [0.3, 0.4) is 0 Å². The minimum absolute atomic E-state index is 0.0130. The van der Waals surface area contributed by atoms with E-state index in [4.69, 9.17) is 0 Å². The summed E-state index contributed by atoms with van der Waals surface area (Å²) in [6.45, 7) is 1.83. The molecular weight excluding hydrogens is 324 g/mol. The van der Waals surface area contributed by atoms with Gasteiger partial charge in [0.25, 0.3) is 0 Å². The van der Waals surface area contributed by atoms with Crippen molar-refractivity contribution in [2.75, 3.05) is 5.32 Å². The maximum Gasteiger partial charge on any atom is 0.310 e. The molecule has 1 aliphatic rings. The average molecular weight is 341 g/mol. The van der Waals surface area contributed by atoms with Crippen LogP contribution < -0.4 is 5.32 Å². The highest BCUT2D eigenvalue weighted by Crippen LogP contribution is 2.41. The van der Waals surface area contributed by atoms with Gasteiger partial charge in [0.15, 0.2) is 0 Å². The zero-order chi connectivity index (χ0) is 14.8. The third-order valence-electron chi connectivity index (χ3n) is 3.80. The van der Waals surface area contributed by atoms with Crippen molar-refractivity contribution in [2.45, 2.75) is 39.0 Å². The minimum atomic E-state index is -0.894. The third-order valence-corrected chi connectivity index (χ3v) is 4.64. The van der Waals surface area contributed by atoms with E-state index >= 15 is 0 Å². The van der Waals surface area contributed by atoms with Crippen molar-refractivity contribution in [3.8, 4) is 0 Å². The van der Waals surface area contributed by atoms with Gasteiger partial charge in [0, 0.05) is 10.9 Å². The van der Waals surface area contributed by atoms with Crippen LogP contribution in [-0.2, 0) is 9.59 Å². The second kappa shape index (κ2) is 5.91. The number of carbonyl (C=O) groups is 2. The number of carbonyl (C=O) groups excluding carboxylic acids is 1. The number of pyridine rings is 1. The Hall–Kier alpha value is -1.43. The molecule has 0 saturated heterocycles. The van der Waals surface area contributed by atoms with E-state index in [1.165, 1.54) is 0 Å². The van der Waals surface area contributed by atoms with Crippen molar-refractivity contribution >= 4 is 33.6 Å². The lowest BCUT2D eigenvalue weighted by atomic mass is 9.82. The number of carboxylic acids is 1. The van der Waals surface area contributed by atoms with Crippen LogP contribution in [0, 0.1) is 12.3 Å². The molecule has 2 rings (SSSR count). The van der Waals surface area contributed by atoms with Gasteiger partial charge in [-0.2, -0.15) is 0 Å². The Morgan fingerprint density at radius 3 is 2.60 bits per heavy atom. The number of amides is 1. The van der Waals surface area contributed by atoms with E-state index in [9.17, 15) is 14.7 Å². The highest BCUT2D eigenvalue weighted by atomic mass is 79.9. The number of carboxylic acid groups (broad SMARTS) is 1. The summed E-state index contributed by atoms with van der Waals surface area (Å²) in [6.07, 6.45) is 2.90. The molecule has 1 aromatic rings. The lowest BCUT2D eigenvalue weighted by Gasteiger charge is -2.22. The van der Waals surface area contributed by atoms with Gasteiger partial charge in [0.05, 0.1) is 11.1 Å². The molecule has 0 aliphatic heterocycles. The molecule has 1 aromatic heterocycles. The first kappa shape index (κ1) is 15.0. The van der Waals surface area contributed by atoms with E-state index in [1.807, 2.05) is 6.92 Å². The predicted octanol–water partition coefficient (Wildman–Crippen LogP) is 3.13. The zero-order valence-corrected chi connectivity index (χ0v) is 12.9. The highest BCUT2D eigenvalue weighted by Gasteiger charge is 2.42. The molecule has 108 valence electrons. The first-order chi connectivity index (χ1) is 9.43. The average Bonchev–Trinajstić information content (AvgIpc) is 2.83. The van der Waals surface area contributed by atoms with Gasteiger partial charge < -0.3 is 10.4 Å². The Kier molecular flexibility index (Phi) is 4.42. The number of aromatic nitrogens is 1. The molecule has 5 nitrogen and oxygen atoms in total. The number of nitrogens with zero attached hydrogens (tertiary/aromatic N) is 1. The van der Waals surface area contributed by atoms with Crippen LogP contribution in [0.5, 0.6) is 0 Å². The summed E-state index contributed by atoms with van der Waals surface area (Å²) in [6, 6.07) is 3.50. The topological polar surface area (TPSA) is 79.3 Å². The monoisotopic (exact) mass is 340 g/mol. The summed E-state index contributed by atoms with van der Waals surface area (Å²) in [5.74, 6) is -0.706. The molecule has 1 aliphatic carbocycles. The fourth-order valence-corrected chi connectivity index (χ4v) is 2.85. The van der Waals surface area contributed by atoms with Gasteiger partial charge in [-0.1, -0.05) is 12.8 Å². The van der Waals surface area contributed by atoms with Crippen molar-refractivity contribution in [3.05, 3.63) is 22.3 Å². The van der Waals surface area contributed by atoms with Crippen molar-refractivity contribution < 1.29 is 14.7 Å². The Bertz CT molecular complexity index is 539. The highest BCUT2D eigenvalue weighted by molar-refractivity contribution is 9.10. The van der Waals surface area contributed by atoms with Crippen LogP contribution in [0.15, 0.2) is 16.6 Å². The second-order valence-electron chi connectivity index (χ2n) is 5.28. The standard InChI is InChI=1S/C14H17BrN2O3/c1-9-10(15)4-5-11(16-9)17-12(18)8-14(13(19)20)6-2-3-7-14/h4-5H,2-3,6-8H2,1H3,(H,19,20)(H,16,17,18). The largest absolute Gasteiger partial charge is 0.481 e. The maximum absolute atomic E-state index is 12.0. The van der Waals surface area contributed by atoms with Gasteiger partial charge in [-0.25, -0.2) is 4.98 Å². The van der Waals surface area contributed by atoms with Gasteiger partial charge >= 0.3 is 5.97 Å². The van der Waals surface area contributed by atoms with E-state index in [2.05, 4.69) is 26.2 Å². The summed E-state index contributed by atoms with van der Waals surface area (Å²) < 4.78 is 0.869. The van der Waals surface area contributed by atoms with Gasteiger partial charge in [-0.05, 0) is 47.8 Å². The Morgan fingerprint density at radius 1 is 1.40 bits per heavy atom. The number of aryl methyl sites for hydroxylation is 1. The second-order valence-corrected chi connectivity index (χ2v) is 6.14. The molecule has 0 spiro atoms. The quantitative estimate of drug-likeness (QED) is 0.882. The van der Waals surface area contributed by atoms with E-state index in [-0.39, 0.29) is 12.3 Å². The van der Waals surface area contributed by atoms with Crippen molar-refractivity contribution in [2.24, 2.45) is 5.41 Å². The van der Waals surface area contributed by atoms with Crippen molar-refractivity contribution in [1.82, 2.24) is 4.98 Å². The number of halogens is 1. The first-order valence-electron chi connectivity index (χ1n) is 6.59. The van der Waals surface area contributed by atoms with Crippen LogP contribution in [0.1, 0.15) is 37.8 Å². The summed E-state index contributed by atoms with van der Waals surface area (Å²) in [5.41, 5.74) is -0.120. The molecule has 0 bridgehead atoms. The number of anilines is 1. The molecular formula is C14H17BrN2O3. The van der Waals surface area contributed by atoms with Gasteiger partial charge in [0.1, 0.15) is 5.82 Å². The molecule has 0 atom stereocenters. The van der Waals surface area contributed by atoms with Gasteiger partial charge in [-0.15, -0.1) is 0 Å². The molecule has 1 fully saturated rings. The first-order valence-corrected chi connectivity index (χ1v) is 7.39. The molecule has 1 heterocycles. The molecule has 6 heteroatoms. The summed E-state index contributed by atoms with van der Waals surface area (Å²) >= 11 is 3.34. The lowest BCUT2D eigenvalue weighted by Crippen LogP contribution is -2.32. The van der Waals surface area contributed by atoms with E-state index in [0.29, 0.717) is 18.7 Å². The fourth-order valence-electron chi connectivity index (χ4n) is 2.63. The van der Waals surface area contributed by atoms with Gasteiger partial charge in [0.2, 0.25) is 5.91 Å². The smallest absolute Gasteiger partial charge is 0.310 e. The van der Waals surface area contributed by atoms with Crippen LogP contribution >= 0.6 is 15.9 Å². The molecule has 2 N–H and O–H groups in total. The fraction of sp³-hybridized carbons (Fsp3) is 0.500. The number of hydrogen-bond acceptors (Lipinski definition) is 3. The van der Waals surface area contributed by atoms with E-state index in [1.54, 1.807) is 12.1 Å². The summed E-state index contributed by atoms with van der Waals surface area (Å²) in [5, 5.41) is 12.0. The van der Waals surface area contributed by atoms with Crippen molar-refractivity contribution in [3.63, 3.8) is 0 Å². The molecule has 0 radical (unpaired) electrons. The molecule has 1 amide bonds. The van der Waals surface area contributed by atoms with E-state index < -0.39 is 11.4 Å². The zero-order valence-electron chi connectivity index (χ0n) is 11.3. The number of hydrogen-bond donors (Lipinski definition) is 2. The number of nitrogens with one attached hydrogen (secondary N) is 1. The SMILES string of the molecule is Cc1nc(NC(=O)CC2(C(=O)O)CCCC2)ccc1Br. The molecule has 20 heavy (non-hydrogen) atoms. The maximum atomic E-state index is 12.0. The number of aliphatic carboxylic acids is 1. The molecule has 1 saturated carbocycles. The van der Waals surface area contributed by atoms with Crippen LogP contribution in [-0.4, -0.2) is 22.0 Å². The normalized spacial score (nSPS) is 16.9. The lowest BCUT2D eigenvalue weighted by molar-refractivity contribution is -0.150. The van der Waals surface area contributed by atoms with Crippen molar-refractivity contribution in [1.29, 1.82) is 0 Å². The Labute approximate surface area is 125 Å². The summed E-state index contributed by atoms with van der Waals surface area (Å²) in [7, 11) is 0. The Morgan fingerprint density at radius 2 is 2.05 bits per heavy atom. The predicted molar refractivity (Wildman–Crippen MR) is 78.5 cm³/mol. The minimum Gasteiger partial charge on any atom is -0.481 e. The third kappa shape index (κ3) is 3.17. The molecule has 0 unspecified atom stereocenters. The van der Waals surface area contributed by atoms with Crippen LogP contribution in [0.4, 0.5) is 5.82 Å². The number of rotatable bonds is 4. The molecule has 0 aromatic carbocycles. The Balaban J connectivity index is 2.04. The van der Waals surface area contributed by atoms with Crippen LogP contribution in [0.2, 0.25) is 0 Å². The van der Waals surface area contributed by atoms with Gasteiger partial charge in [-0.3, -0.25) is 9.59 Å². The van der Waals surface area contributed by atoms with E-state index in [0.717, 1.165) is 23.0 Å².